The van der Waals surface area contributed by atoms with Crippen molar-refractivity contribution in [1.29, 1.82) is 5.26 Å². The van der Waals surface area contributed by atoms with Crippen molar-refractivity contribution < 1.29 is 27.5 Å². The van der Waals surface area contributed by atoms with Gasteiger partial charge in [0, 0.05) is 17.9 Å². The maximum absolute atomic E-state index is 13.2. The molecule has 2 amide bonds. The molecule has 1 heterocycles. The molecule has 1 aromatic rings. The Morgan fingerprint density at radius 1 is 1.36 bits per heavy atom. The van der Waals surface area contributed by atoms with E-state index in [1.807, 2.05) is 13.8 Å². The molecule has 0 radical (unpaired) electrons. The van der Waals surface area contributed by atoms with Crippen LogP contribution >= 0.6 is 0 Å². The Morgan fingerprint density at radius 3 is 2.46 bits per heavy atom. The molecule has 1 aromatic carbocycles. The van der Waals surface area contributed by atoms with Gasteiger partial charge in [-0.25, -0.2) is 0 Å². The highest BCUT2D eigenvalue weighted by Crippen LogP contribution is 2.38. The number of carbonyl (C=O) groups excluding carboxylic acids is 2. The van der Waals surface area contributed by atoms with Crippen LogP contribution in [0.25, 0.3) is 0 Å². The van der Waals surface area contributed by atoms with Crippen LogP contribution in [-0.2, 0) is 15.8 Å². The largest absolute Gasteiger partial charge is 0.480 e. The standard InChI is InChI=1S/C20H23F3N2O3/c1-5-12(6-2)17(26)25-11-19(3,4)16(18(25)27)28-14-8-7-13(10-24)15(9-14)20(21,22)23/h7-9,12,16H,5-6,11H2,1-4H3. The van der Waals surface area contributed by atoms with Crippen LogP contribution in [0.15, 0.2) is 18.2 Å². The highest BCUT2D eigenvalue weighted by atomic mass is 19.4. The normalized spacial score (nSPS) is 19.0. The van der Waals surface area contributed by atoms with Gasteiger partial charge in [-0.1, -0.05) is 27.7 Å². The summed E-state index contributed by atoms with van der Waals surface area (Å²) in [4.78, 5) is 26.6. The zero-order chi connectivity index (χ0) is 21.3. The van der Waals surface area contributed by atoms with Crippen LogP contribution in [0, 0.1) is 22.7 Å². The molecule has 2 rings (SSSR count). The minimum absolute atomic E-state index is 0.133. The van der Waals surface area contributed by atoms with E-state index in [1.165, 1.54) is 12.1 Å². The number of alkyl halides is 3. The molecule has 1 saturated heterocycles. The molecule has 152 valence electrons. The highest BCUT2D eigenvalue weighted by molar-refractivity contribution is 6.00. The molecule has 0 bridgehead atoms. The summed E-state index contributed by atoms with van der Waals surface area (Å²) in [5.74, 6) is -1.30. The molecule has 0 spiro atoms. The van der Waals surface area contributed by atoms with Crippen molar-refractivity contribution in [3.05, 3.63) is 29.3 Å². The van der Waals surface area contributed by atoms with Gasteiger partial charge in [0.25, 0.3) is 5.91 Å². The van der Waals surface area contributed by atoms with E-state index in [9.17, 15) is 22.8 Å². The van der Waals surface area contributed by atoms with Gasteiger partial charge in [-0.2, -0.15) is 18.4 Å². The van der Waals surface area contributed by atoms with Gasteiger partial charge in [0.1, 0.15) is 5.75 Å². The minimum Gasteiger partial charge on any atom is -0.480 e. The first-order valence-electron chi connectivity index (χ1n) is 9.09. The first-order chi connectivity index (χ1) is 13.0. The number of likely N-dealkylation sites (tertiary alicyclic amines) is 1. The summed E-state index contributed by atoms with van der Waals surface area (Å²) in [7, 11) is 0. The molecule has 0 N–H and O–H groups in total. The van der Waals surface area contributed by atoms with E-state index >= 15 is 0 Å². The zero-order valence-electron chi connectivity index (χ0n) is 16.3. The smallest absolute Gasteiger partial charge is 0.417 e. The molecule has 1 aliphatic heterocycles. The third kappa shape index (κ3) is 4.13. The van der Waals surface area contributed by atoms with Crippen LogP contribution in [0.3, 0.4) is 0 Å². The van der Waals surface area contributed by atoms with Crippen molar-refractivity contribution in [2.24, 2.45) is 11.3 Å². The van der Waals surface area contributed by atoms with Gasteiger partial charge in [-0.15, -0.1) is 0 Å². The lowest BCUT2D eigenvalue weighted by Crippen LogP contribution is -2.40. The summed E-state index contributed by atoms with van der Waals surface area (Å²) >= 11 is 0. The Balaban J connectivity index is 2.32. The Morgan fingerprint density at radius 2 is 1.96 bits per heavy atom. The SMILES string of the molecule is CCC(CC)C(=O)N1CC(C)(C)C(Oc2ccc(C#N)c(C(F)(F)F)c2)C1=O. The van der Waals surface area contributed by atoms with Gasteiger partial charge >= 0.3 is 6.18 Å². The molecule has 0 aromatic heterocycles. The van der Waals surface area contributed by atoms with Gasteiger partial charge in [-0.05, 0) is 31.0 Å². The maximum atomic E-state index is 13.2. The molecule has 28 heavy (non-hydrogen) atoms. The average molecular weight is 396 g/mol. The van der Waals surface area contributed by atoms with E-state index in [0.717, 1.165) is 11.0 Å². The number of hydrogen-bond acceptors (Lipinski definition) is 4. The molecule has 1 aliphatic rings. The van der Waals surface area contributed by atoms with Gasteiger partial charge < -0.3 is 4.74 Å². The summed E-state index contributed by atoms with van der Waals surface area (Å²) in [5, 5.41) is 8.89. The molecular formula is C20H23F3N2O3. The summed E-state index contributed by atoms with van der Waals surface area (Å²) in [6.45, 7) is 7.31. The van der Waals surface area contributed by atoms with E-state index < -0.39 is 34.7 Å². The van der Waals surface area contributed by atoms with Crippen LogP contribution in [0.1, 0.15) is 51.7 Å². The summed E-state index contributed by atoms with van der Waals surface area (Å²) in [5.41, 5.74) is -2.42. The molecular weight excluding hydrogens is 373 g/mol. The average Bonchev–Trinajstić information content (AvgIpc) is 2.85. The Labute approximate surface area is 162 Å². The van der Waals surface area contributed by atoms with E-state index in [-0.39, 0.29) is 24.1 Å². The molecule has 0 saturated carbocycles. The second-order valence-corrected chi connectivity index (χ2v) is 7.58. The number of ether oxygens (including phenoxy) is 1. The molecule has 1 unspecified atom stereocenters. The predicted octanol–water partition coefficient (Wildman–Crippen LogP) is 4.16. The first kappa shape index (κ1) is 21.7. The van der Waals surface area contributed by atoms with Crippen LogP contribution in [-0.4, -0.2) is 29.4 Å². The van der Waals surface area contributed by atoms with Crippen molar-refractivity contribution in [1.82, 2.24) is 4.90 Å². The van der Waals surface area contributed by atoms with Gasteiger partial charge in [0.2, 0.25) is 5.91 Å². The lowest BCUT2D eigenvalue weighted by Gasteiger charge is -2.24. The number of hydrogen-bond donors (Lipinski definition) is 0. The number of imide groups is 1. The van der Waals surface area contributed by atoms with Gasteiger partial charge in [-0.3, -0.25) is 14.5 Å². The maximum Gasteiger partial charge on any atom is 0.417 e. The molecule has 5 nitrogen and oxygen atoms in total. The van der Waals surface area contributed by atoms with Crippen LogP contribution < -0.4 is 4.74 Å². The number of amides is 2. The number of benzene rings is 1. The second-order valence-electron chi connectivity index (χ2n) is 7.58. The minimum atomic E-state index is -4.73. The van der Waals surface area contributed by atoms with Crippen molar-refractivity contribution in [2.75, 3.05) is 6.54 Å². The third-order valence-electron chi connectivity index (χ3n) is 5.04. The van der Waals surface area contributed by atoms with Crippen molar-refractivity contribution >= 4 is 11.8 Å². The molecule has 1 atom stereocenters. The number of halogens is 3. The summed E-state index contributed by atoms with van der Waals surface area (Å²) in [6, 6.07) is 4.45. The fraction of sp³-hybridized carbons (Fsp3) is 0.550. The lowest BCUT2D eigenvalue weighted by molar-refractivity contribution is -0.147. The van der Waals surface area contributed by atoms with Crippen molar-refractivity contribution in [2.45, 2.75) is 52.8 Å². The Hall–Kier alpha value is -2.56. The number of carbonyl (C=O) groups is 2. The quantitative estimate of drug-likeness (QED) is 0.750. The van der Waals surface area contributed by atoms with Crippen molar-refractivity contribution in [3.8, 4) is 11.8 Å². The zero-order valence-corrected chi connectivity index (χ0v) is 16.3. The molecule has 1 fully saturated rings. The lowest BCUT2D eigenvalue weighted by atomic mass is 9.89. The number of nitrogens with zero attached hydrogens (tertiary/aromatic N) is 2. The fourth-order valence-electron chi connectivity index (χ4n) is 3.36. The Kier molecular flexibility index (Phi) is 6.07. The highest BCUT2D eigenvalue weighted by Gasteiger charge is 2.51. The van der Waals surface area contributed by atoms with E-state index in [2.05, 4.69) is 0 Å². The van der Waals surface area contributed by atoms with Crippen LogP contribution in [0.4, 0.5) is 13.2 Å². The van der Waals surface area contributed by atoms with Crippen molar-refractivity contribution in [3.63, 3.8) is 0 Å². The first-order valence-corrected chi connectivity index (χ1v) is 9.09. The monoisotopic (exact) mass is 396 g/mol. The predicted molar refractivity (Wildman–Crippen MR) is 95.1 cm³/mol. The van der Waals surface area contributed by atoms with E-state index in [4.69, 9.17) is 10.00 Å². The van der Waals surface area contributed by atoms with Gasteiger partial charge in [0.15, 0.2) is 6.10 Å². The second kappa shape index (κ2) is 7.82. The third-order valence-corrected chi connectivity index (χ3v) is 5.04. The topological polar surface area (TPSA) is 70.4 Å². The molecule has 8 heteroatoms. The molecule has 0 aliphatic carbocycles. The Bertz CT molecular complexity index is 808. The summed E-state index contributed by atoms with van der Waals surface area (Å²) in [6.07, 6.45) is -4.64. The summed E-state index contributed by atoms with van der Waals surface area (Å²) < 4.78 is 45.1. The van der Waals surface area contributed by atoms with E-state index in [1.54, 1.807) is 13.8 Å². The fourth-order valence-corrected chi connectivity index (χ4v) is 3.36. The number of rotatable bonds is 5. The number of nitriles is 1. The van der Waals surface area contributed by atoms with Crippen LogP contribution in [0.5, 0.6) is 5.75 Å². The van der Waals surface area contributed by atoms with E-state index in [0.29, 0.717) is 18.9 Å². The van der Waals surface area contributed by atoms with Gasteiger partial charge in [0.05, 0.1) is 17.2 Å². The van der Waals surface area contributed by atoms with Crippen LogP contribution in [0.2, 0.25) is 0 Å².